The van der Waals surface area contributed by atoms with E-state index in [1.807, 2.05) is 0 Å². The third-order valence-corrected chi connectivity index (χ3v) is 6.71. The summed E-state index contributed by atoms with van der Waals surface area (Å²) in [6.07, 6.45) is 6.46. The Morgan fingerprint density at radius 1 is 1.18 bits per heavy atom. The first-order valence-corrected chi connectivity index (χ1v) is 6.46. The molecule has 1 atom stereocenters. The molecule has 0 nitrogen and oxygen atoms in total. The van der Waals surface area contributed by atoms with Crippen LogP contribution in [0.5, 0.6) is 0 Å². The number of unbranched alkanes of at least 4 members (excludes halogenated alkanes) is 2. The zero-order valence-corrected chi connectivity index (χ0v) is 11.4. The minimum atomic E-state index is 0.195. The molecule has 0 radical (unpaired) electrons. The first-order valence-electron chi connectivity index (χ1n) is 4.08. The Hall–Kier alpha value is 1.44. The molecule has 0 aromatic heterocycles. The van der Waals surface area contributed by atoms with Gasteiger partial charge in [-0.2, -0.15) is 0 Å². The van der Waals surface area contributed by atoms with Gasteiger partial charge in [0, 0.05) is 0 Å². The van der Waals surface area contributed by atoms with Gasteiger partial charge in [-0.05, 0) is 12.8 Å². The van der Waals surface area contributed by atoms with Gasteiger partial charge in [-0.1, -0.05) is 74.0 Å². The van der Waals surface area contributed by atoms with E-state index in [0.29, 0.717) is 4.32 Å². The molecule has 66 valence electrons. The van der Waals surface area contributed by atoms with Gasteiger partial charge in [-0.3, -0.25) is 0 Å². The molecule has 1 saturated carbocycles. The Balaban J connectivity index is 2.18. The predicted molar refractivity (Wildman–Crippen MR) is 61.0 cm³/mol. The van der Waals surface area contributed by atoms with Crippen LogP contribution in [0.25, 0.3) is 0 Å². The summed E-state index contributed by atoms with van der Waals surface area (Å²) in [6, 6.07) is 0. The quantitative estimate of drug-likeness (QED) is 0.515. The summed E-state index contributed by atoms with van der Waals surface area (Å²) in [6.45, 7) is 2.24. The summed E-state index contributed by atoms with van der Waals surface area (Å²) < 4.78 is 0.538. The van der Waals surface area contributed by atoms with Crippen molar-refractivity contribution in [3.8, 4) is 0 Å². The fourth-order valence-corrected chi connectivity index (χ4v) is 4.04. The summed E-state index contributed by atoms with van der Waals surface area (Å²) in [5, 5.41) is 0. The van der Waals surface area contributed by atoms with Crippen molar-refractivity contribution in [2.45, 2.75) is 46.6 Å². The van der Waals surface area contributed by atoms with Gasteiger partial charge in [-0.15, -0.1) is 0 Å². The maximum absolute atomic E-state index is 3.75. The average molecular weight is 349 g/mol. The highest BCUT2D eigenvalue weighted by Gasteiger charge is 2.62. The van der Waals surface area contributed by atoms with Crippen molar-refractivity contribution in [2.75, 3.05) is 0 Å². The Bertz CT molecular complexity index is 144. The van der Waals surface area contributed by atoms with Crippen LogP contribution in [0, 0.1) is 0 Å². The molecule has 1 fully saturated rings. The van der Waals surface area contributed by atoms with Crippen molar-refractivity contribution in [3.63, 3.8) is 0 Å². The largest absolute Gasteiger partial charge is 0.0972 e. The van der Waals surface area contributed by atoms with E-state index in [1.165, 1.54) is 32.1 Å². The molecular weight excluding hydrogens is 336 g/mol. The van der Waals surface area contributed by atoms with Crippen LogP contribution in [0.2, 0.25) is 0 Å². The SMILES string of the molecule is CCCCCC1(Br)CC1(Br)Br. The van der Waals surface area contributed by atoms with Gasteiger partial charge in [-0.25, -0.2) is 0 Å². The maximum Gasteiger partial charge on any atom is 0.0972 e. The lowest BCUT2D eigenvalue weighted by atomic mass is 10.1. The molecule has 1 aliphatic rings. The molecule has 0 heterocycles. The van der Waals surface area contributed by atoms with Gasteiger partial charge in [0.1, 0.15) is 0 Å². The molecule has 3 heteroatoms. The summed E-state index contributed by atoms with van der Waals surface area (Å²) in [5.41, 5.74) is 0. The molecular formula is C8H13Br3. The molecule has 0 aromatic rings. The van der Waals surface area contributed by atoms with Gasteiger partial charge >= 0.3 is 0 Å². The first-order chi connectivity index (χ1) is 5.02. The van der Waals surface area contributed by atoms with E-state index in [0.717, 1.165) is 0 Å². The van der Waals surface area contributed by atoms with E-state index in [2.05, 4.69) is 54.7 Å². The van der Waals surface area contributed by atoms with Gasteiger partial charge < -0.3 is 0 Å². The van der Waals surface area contributed by atoms with Crippen molar-refractivity contribution >= 4 is 47.8 Å². The van der Waals surface area contributed by atoms with Crippen molar-refractivity contribution in [1.82, 2.24) is 0 Å². The van der Waals surface area contributed by atoms with E-state index >= 15 is 0 Å². The average Bonchev–Trinajstić information content (AvgIpc) is 2.33. The zero-order valence-electron chi connectivity index (χ0n) is 6.67. The van der Waals surface area contributed by atoms with Crippen LogP contribution in [0.4, 0.5) is 0 Å². The van der Waals surface area contributed by atoms with Crippen LogP contribution in [0.1, 0.15) is 39.0 Å². The molecule has 11 heavy (non-hydrogen) atoms. The number of hydrogen-bond donors (Lipinski definition) is 0. The normalized spacial score (nSPS) is 33.8. The van der Waals surface area contributed by atoms with Crippen molar-refractivity contribution < 1.29 is 0 Å². The fourth-order valence-electron chi connectivity index (χ4n) is 1.23. The van der Waals surface area contributed by atoms with Crippen molar-refractivity contribution in [1.29, 1.82) is 0 Å². The third kappa shape index (κ3) is 2.44. The Labute approximate surface area is 93.9 Å². The highest BCUT2D eigenvalue weighted by molar-refractivity contribution is 9.26. The van der Waals surface area contributed by atoms with Gasteiger partial charge in [0.25, 0.3) is 0 Å². The van der Waals surface area contributed by atoms with E-state index in [1.54, 1.807) is 0 Å². The summed E-state index contributed by atoms with van der Waals surface area (Å²) >= 11 is 11.0. The second kappa shape index (κ2) is 3.67. The summed E-state index contributed by atoms with van der Waals surface area (Å²) in [7, 11) is 0. The van der Waals surface area contributed by atoms with Crippen LogP contribution < -0.4 is 0 Å². The van der Waals surface area contributed by atoms with Crippen LogP contribution in [-0.2, 0) is 0 Å². The smallest absolute Gasteiger partial charge is 0.0828 e. The second-order valence-electron chi connectivity index (χ2n) is 3.30. The summed E-state index contributed by atoms with van der Waals surface area (Å²) in [5.74, 6) is 0. The van der Waals surface area contributed by atoms with Crippen LogP contribution in [-0.4, -0.2) is 7.56 Å². The maximum atomic E-state index is 3.75. The molecule has 1 rings (SSSR count). The molecule has 0 saturated heterocycles. The topological polar surface area (TPSA) is 0 Å². The zero-order chi connectivity index (χ0) is 8.54. The standard InChI is InChI=1S/C8H13Br3/c1-2-3-4-5-7(9)6-8(7,10)11/h2-6H2,1H3. The lowest BCUT2D eigenvalue weighted by molar-refractivity contribution is 0.649. The minimum absolute atomic E-state index is 0.195. The van der Waals surface area contributed by atoms with Gasteiger partial charge in [0.2, 0.25) is 0 Å². The van der Waals surface area contributed by atoms with E-state index in [-0.39, 0.29) is 3.23 Å². The third-order valence-electron chi connectivity index (χ3n) is 2.21. The molecule has 0 spiro atoms. The molecule has 1 aliphatic carbocycles. The van der Waals surface area contributed by atoms with Crippen LogP contribution in [0.3, 0.4) is 0 Å². The number of hydrogen-bond acceptors (Lipinski definition) is 0. The highest BCUT2D eigenvalue weighted by Crippen LogP contribution is 2.67. The van der Waals surface area contributed by atoms with Crippen LogP contribution >= 0.6 is 47.8 Å². The molecule has 0 N–H and O–H groups in total. The van der Waals surface area contributed by atoms with Crippen LogP contribution in [0.15, 0.2) is 0 Å². The number of alkyl halides is 3. The Morgan fingerprint density at radius 3 is 2.09 bits per heavy atom. The van der Waals surface area contributed by atoms with Gasteiger partial charge in [0.05, 0.1) is 7.56 Å². The lowest BCUT2D eigenvalue weighted by Crippen LogP contribution is -2.06. The van der Waals surface area contributed by atoms with Gasteiger partial charge in [0.15, 0.2) is 0 Å². The van der Waals surface area contributed by atoms with E-state index in [9.17, 15) is 0 Å². The molecule has 0 amide bonds. The fraction of sp³-hybridized carbons (Fsp3) is 1.00. The Kier molecular flexibility index (Phi) is 3.51. The predicted octanol–water partition coefficient (Wildman–Crippen LogP) is 4.59. The Morgan fingerprint density at radius 2 is 1.73 bits per heavy atom. The first kappa shape index (κ1) is 10.5. The molecule has 0 bridgehead atoms. The van der Waals surface area contributed by atoms with E-state index in [4.69, 9.17) is 0 Å². The van der Waals surface area contributed by atoms with Crippen molar-refractivity contribution in [2.24, 2.45) is 0 Å². The second-order valence-corrected chi connectivity index (χ2v) is 8.59. The number of rotatable bonds is 4. The monoisotopic (exact) mass is 346 g/mol. The van der Waals surface area contributed by atoms with E-state index < -0.39 is 0 Å². The minimum Gasteiger partial charge on any atom is -0.0828 e. The summed E-state index contributed by atoms with van der Waals surface area (Å²) in [4.78, 5) is 0. The molecule has 1 unspecified atom stereocenters. The van der Waals surface area contributed by atoms with Crippen molar-refractivity contribution in [3.05, 3.63) is 0 Å². The molecule has 0 aromatic carbocycles. The molecule has 0 aliphatic heterocycles. The number of halogens is 3. The highest BCUT2D eigenvalue weighted by atomic mass is 79.9. The lowest BCUT2D eigenvalue weighted by Gasteiger charge is -2.08.